The molecule has 1 aromatic carbocycles. The molecule has 2 heterocycles. The Hall–Kier alpha value is -2.44. The minimum Gasteiger partial charge on any atom is -0.378 e. The summed E-state index contributed by atoms with van der Waals surface area (Å²) in [5, 5.41) is 8.70. The van der Waals surface area contributed by atoms with E-state index >= 15 is 0 Å². The Morgan fingerprint density at radius 3 is 2.70 bits per heavy atom. The summed E-state index contributed by atoms with van der Waals surface area (Å²) in [6.45, 7) is 8.03. The van der Waals surface area contributed by atoms with Crippen molar-refractivity contribution in [2.75, 3.05) is 32.8 Å². The summed E-state index contributed by atoms with van der Waals surface area (Å²) >= 11 is 0. The molecule has 3 aliphatic rings. The highest BCUT2D eigenvalue weighted by Crippen LogP contribution is 2.41. The zero-order valence-electron chi connectivity index (χ0n) is 19.6. The number of hydrogen-bond acceptors (Lipinski definition) is 4. The van der Waals surface area contributed by atoms with E-state index in [9.17, 15) is 4.79 Å². The molecule has 2 aromatic rings. The molecule has 1 amide bonds. The van der Waals surface area contributed by atoms with Gasteiger partial charge in [-0.15, -0.1) is 6.58 Å². The van der Waals surface area contributed by atoms with Gasteiger partial charge in [0.15, 0.2) is 5.69 Å². The Bertz CT molecular complexity index is 972. The van der Waals surface area contributed by atoms with Crippen molar-refractivity contribution in [2.45, 2.75) is 62.9 Å². The Kier molecular flexibility index (Phi) is 6.65. The van der Waals surface area contributed by atoms with E-state index in [0.717, 1.165) is 31.4 Å². The maximum Gasteiger partial charge on any atom is 0.274 e. The lowest BCUT2D eigenvalue weighted by atomic mass is 9.78. The van der Waals surface area contributed by atoms with Gasteiger partial charge in [0.25, 0.3) is 5.91 Å². The van der Waals surface area contributed by atoms with Gasteiger partial charge in [-0.3, -0.25) is 9.48 Å². The van der Waals surface area contributed by atoms with Crippen LogP contribution in [0, 0.1) is 0 Å². The second-order valence-corrected chi connectivity index (χ2v) is 9.82. The highest BCUT2D eigenvalue weighted by molar-refractivity contribution is 5.94. The van der Waals surface area contributed by atoms with Crippen LogP contribution in [0.15, 0.2) is 43.0 Å². The van der Waals surface area contributed by atoms with E-state index in [4.69, 9.17) is 9.84 Å². The zero-order chi connectivity index (χ0) is 22.7. The van der Waals surface area contributed by atoms with E-state index in [1.54, 1.807) is 0 Å². The first-order valence-electron chi connectivity index (χ1n) is 12.6. The summed E-state index contributed by atoms with van der Waals surface area (Å²) in [6, 6.07) is 11.4. The highest BCUT2D eigenvalue weighted by Gasteiger charge is 2.37. The molecule has 2 fully saturated rings. The molecule has 1 atom stereocenters. The minimum atomic E-state index is 0.0505. The van der Waals surface area contributed by atoms with Gasteiger partial charge in [-0.1, -0.05) is 49.2 Å². The summed E-state index contributed by atoms with van der Waals surface area (Å²) in [6.07, 6.45) is 9.86. The molecule has 176 valence electrons. The van der Waals surface area contributed by atoms with Crippen LogP contribution in [0.2, 0.25) is 0 Å². The van der Waals surface area contributed by atoms with Gasteiger partial charge in [-0.25, -0.2) is 0 Å². The van der Waals surface area contributed by atoms with Crippen LogP contribution in [0.5, 0.6) is 0 Å². The Morgan fingerprint density at radius 2 is 1.97 bits per heavy atom. The van der Waals surface area contributed by atoms with E-state index in [1.807, 2.05) is 15.7 Å². The van der Waals surface area contributed by atoms with Gasteiger partial charge >= 0.3 is 0 Å². The predicted molar refractivity (Wildman–Crippen MR) is 130 cm³/mol. The average Bonchev–Trinajstić information content (AvgIpc) is 3.49. The summed E-state index contributed by atoms with van der Waals surface area (Å²) in [7, 11) is 0. The number of benzene rings is 1. The third kappa shape index (κ3) is 4.51. The molecule has 0 spiro atoms. The van der Waals surface area contributed by atoms with Gasteiger partial charge in [-0.05, 0) is 37.7 Å². The number of carbonyl (C=O) groups is 1. The Labute approximate surface area is 197 Å². The van der Waals surface area contributed by atoms with Crippen LogP contribution in [-0.2, 0) is 29.5 Å². The molecule has 1 saturated carbocycles. The number of nitrogens with one attached hydrogen (secondary N) is 1. The van der Waals surface area contributed by atoms with Crippen molar-refractivity contribution in [1.29, 1.82) is 0 Å². The second-order valence-electron chi connectivity index (χ2n) is 9.82. The van der Waals surface area contributed by atoms with Gasteiger partial charge in [-0.2, -0.15) is 5.10 Å². The number of aromatic nitrogens is 2. The third-order valence-corrected chi connectivity index (χ3v) is 7.83. The Morgan fingerprint density at radius 1 is 1.21 bits per heavy atom. The van der Waals surface area contributed by atoms with Gasteiger partial charge in [0, 0.05) is 42.3 Å². The van der Waals surface area contributed by atoms with E-state index in [-0.39, 0.29) is 11.3 Å². The quantitative estimate of drug-likeness (QED) is 0.659. The van der Waals surface area contributed by atoms with Crippen molar-refractivity contribution in [1.82, 2.24) is 20.0 Å². The maximum absolute atomic E-state index is 13.3. The normalized spacial score (nSPS) is 22.2. The van der Waals surface area contributed by atoms with Crippen LogP contribution in [0.1, 0.15) is 59.4 Å². The van der Waals surface area contributed by atoms with Crippen molar-refractivity contribution >= 4 is 5.91 Å². The van der Waals surface area contributed by atoms with Crippen molar-refractivity contribution in [3.8, 4) is 0 Å². The number of amides is 1. The molecule has 1 aromatic heterocycles. The maximum atomic E-state index is 13.3. The van der Waals surface area contributed by atoms with E-state index in [0.29, 0.717) is 44.6 Å². The van der Waals surface area contributed by atoms with Gasteiger partial charge < -0.3 is 15.0 Å². The highest BCUT2D eigenvalue weighted by atomic mass is 16.5. The van der Waals surface area contributed by atoms with Crippen molar-refractivity contribution in [2.24, 2.45) is 0 Å². The molecule has 5 rings (SSSR count). The first-order chi connectivity index (χ1) is 16.2. The lowest BCUT2D eigenvalue weighted by Gasteiger charge is -2.34. The molecule has 1 saturated heterocycles. The number of fused-ring (bicyclic) bond motifs is 1. The molecule has 0 radical (unpaired) electrons. The van der Waals surface area contributed by atoms with Crippen LogP contribution in [0.25, 0.3) is 0 Å². The average molecular weight is 449 g/mol. The number of hydrogen-bond donors (Lipinski definition) is 1. The molecule has 33 heavy (non-hydrogen) atoms. The fourth-order valence-electron chi connectivity index (χ4n) is 5.97. The number of carbonyl (C=O) groups excluding carboxylic acids is 1. The molecule has 1 aliphatic heterocycles. The standard InChI is InChI=1S/C27H36N4O2/c1-2-14-31-24-11-10-22(19-23(24)25(29-31)26(32)30-15-17-33-18-16-30)28-20-27(12-6-7-13-27)21-8-4-3-5-9-21/h2-5,8-9,22,28H,1,6-7,10-20H2/t22-/m0/s1. The van der Waals surface area contributed by atoms with Crippen molar-refractivity contribution in [3.05, 3.63) is 65.5 Å². The molecule has 2 aliphatic carbocycles. The predicted octanol–water partition coefficient (Wildman–Crippen LogP) is 3.50. The molecule has 0 bridgehead atoms. The first kappa shape index (κ1) is 22.4. The third-order valence-electron chi connectivity index (χ3n) is 7.83. The smallest absolute Gasteiger partial charge is 0.274 e. The topological polar surface area (TPSA) is 59.4 Å². The molecule has 1 N–H and O–H groups in total. The van der Waals surface area contributed by atoms with Crippen molar-refractivity contribution in [3.63, 3.8) is 0 Å². The summed E-state index contributed by atoms with van der Waals surface area (Å²) in [5.41, 5.74) is 4.69. The van der Waals surface area contributed by atoms with Gasteiger partial charge in [0.2, 0.25) is 0 Å². The number of rotatable bonds is 7. The lowest BCUT2D eigenvalue weighted by Crippen LogP contribution is -2.44. The minimum absolute atomic E-state index is 0.0505. The van der Waals surface area contributed by atoms with E-state index < -0.39 is 0 Å². The molecular formula is C27H36N4O2. The fourth-order valence-corrected chi connectivity index (χ4v) is 5.97. The van der Waals surface area contributed by atoms with E-state index in [2.05, 4.69) is 42.2 Å². The van der Waals surface area contributed by atoms with Gasteiger partial charge in [0.1, 0.15) is 0 Å². The van der Waals surface area contributed by atoms with Gasteiger partial charge in [0.05, 0.1) is 19.8 Å². The zero-order valence-corrected chi connectivity index (χ0v) is 19.6. The number of allylic oxidation sites excluding steroid dienone is 1. The monoisotopic (exact) mass is 448 g/mol. The van der Waals surface area contributed by atoms with Crippen molar-refractivity contribution < 1.29 is 9.53 Å². The summed E-state index contributed by atoms with van der Waals surface area (Å²) in [5.74, 6) is 0.0505. The van der Waals surface area contributed by atoms with Crippen LogP contribution in [-0.4, -0.2) is 59.5 Å². The van der Waals surface area contributed by atoms with Crippen LogP contribution in [0.4, 0.5) is 0 Å². The molecule has 6 nitrogen and oxygen atoms in total. The van der Waals surface area contributed by atoms with Crippen LogP contribution < -0.4 is 5.32 Å². The lowest BCUT2D eigenvalue weighted by molar-refractivity contribution is 0.0297. The largest absolute Gasteiger partial charge is 0.378 e. The summed E-state index contributed by atoms with van der Waals surface area (Å²) < 4.78 is 7.44. The number of nitrogens with zero attached hydrogens (tertiary/aromatic N) is 3. The molecular weight excluding hydrogens is 412 g/mol. The fraction of sp³-hybridized carbons (Fsp3) is 0.556. The van der Waals surface area contributed by atoms with Crippen LogP contribution in [0.3, 0.4) is 0 Å². The number of ether oxygens (including phenoxy) is 1. The first-order valence-corrected chi connectivity index (χ1v) is 12.6. The summed E-state index contributed by atoms with van der Waals surface area (Å²) in [4.78, 5) is 15.2. The van der Waals surface area contributed by atoms with E-state index in [1.165, 1.54) is 36.9 Å². The van der Waals surface area contributed by atoms with Crippen LogP contribution >= 0.6 is 0 Å². The molecule has 6 heteroatoms. The number of morpholine rings is 1. The Balaban J connectivity index is 1.34. The molecule has 0 unspecified atom stereocenters. The SMILES string of the molecule is C=CCn1nc(C(=O)N2CCOCC2)c2c1CC[C@H](NCC1(c3ccccc3)CCCC1)C2. The second kappa shape index (κ2) is 9.82.